The predicted octanol–water partition coefficient (Wildman–Crippen LogP) is 4.17. The van der Waals surface area contributed by atoms with Crippen LogP contribution in [0.25, 0.3) is 0 Å². The van der Waals surface area contributed by atoms with Gasteiger partial charge in [0.25, 0.3) is 0 Å². The molecule has 148 valence electrons. The van der Waals surface area contributed by atoms with Crippen LogP contribution in [0.1, 0.15) is 25.3 Å². The van der Waals surface area contributed by atoms with Gasteiger partial charge in [-0.1, -0.05) is 41.9 Å². The number of nitrogens with one attached hydrogen (secondary N) is 1. The van der Waals surface area contributed by atoms with Gasteiger partial charge in [0.2, 0.25) is 11.8 Å². The number of hydrogen-bond donors (Lipinski definition) is 1. The van der Waals surface area contributed by atoms with Crippen molar-refractivity contribution < 1.29 is 9.59 Å². The van der Waals surface area contributed by atoms with E-state index in [1.54, 1.807) is 0 Å². The van der Waals surface area contributed by atoms with Crippen LogP contribution in [0.4, 0.5) is 0 Å². The van der Waals surface area contributed by atoms with E-state index in [2.05, 4.69) is 5.32 Å². The Bertz CT molecular complexity index is 792. The minimum atomic E-state index is -0.540. The van der Waals surface area contributed by atoms with Crippen LogP contribution in [0.3, 0.4) is 0 Å². The fourth-order valence-electron chi connectivity index (χ4n) is 3.27. The summed E-state index contributed by atoms with van der Waals surface area (Å²) >= 11 is 7.38. The molecule has 1 heterocycles. The van der Waals surface area contributed by atoms with Crippen molar-refractivity contribution in [2.75, 3.05) is 13.1 Å². The zero-order valence-corrected chi connectivity index (χ0v) is 17.5. The molecule has 0 aliphatic carbocycles. The monoisotopic (exact) mass is 416 g/mol. The molecule has 1 aliphatic rings. The normalized spacial score (nSPS) is 15.9. The molecule has 4 nitrogen and oxygen atoms in total. The van der Waals surface area contributed by atoms with Crippen molar-refractivity contribution in [1.82, 2.24) is 10.2 Å². The number of hydrogen-bond acceptors (Lipinski definition) is 3. The summed E-state index contributed by atoms with van der Waals surface area (Å²) in [6, 6.07) is 16.7. The summed E-state index contributed by atoms with van der Waals surface area (Å²) < 4.78 is 0. The molecule has 6 heteroatoms. The molecular formula is C22H25ClN2O2S. The molecule has 1 aliphatic heterocycles. The second-order valence-corrected chi connectivity index (χ2v) is 8.85. The third-order valence-corrected chi connectivity index (χ3v) is 6.17. The molecule has 0 saturated carbocycles. The van der Waals surface area contributed by atoms with Gasteiger partial charge >= 0.3 is 0 Å². The molecule has 2 unspecified atom stereocenters. The van der Waals surface area contributed by atoms with E-state index >= 15 is 0 Å². The lowest BCUT2D eigenvalue weighted by Gasteiger charge is -2.25. The van der Waals surface area contributed by atoms with Gasteiger partial charge in [-0.05, 0) is 49.6 Å². The molecule has 3 rings (SSSR count). The molecule has 2 aromatic rings. The molecular weight excluding hydrogens is 392 g/mol. The van der Waals surface area contributed by atoms with E-state index in [0.717, 1.165) is 36.4 Å². The standard InChI is InChI=1S/C22H25ClN2O2S/c1-16(28-19-11-9-18(23)10-12-19)21(26)24-20(15-17-7-3-2-4-8-17)22(27)25-13-5-6-14-25/h2-4,7-12,16,20H,5-6,13-15H2,1H3,(H,24,26). The SMILES string of the molecule is CC(Sc1ccc(Cl)cc1)C(=O)NC(Cc1ccccc1)C(=O)N1CCCC1. The molecule has 1 fully saturated rings. The highest BCUT2D eigenvalue weighted by atomic mass is 35.5. The molecule has 0 bridgehead atoms. The number of halogens is 1. The maximum absolute atomic E-state index is 13.0. The summed E-state index contributed by atoms with van der Waals surface area (Å²) in [7, 11) is 0. The van der Waals surface area contributed by atoms with Gasteiger partial charge in [-0.2, -0.15) is 0 Å². The number of carbonyl (C=O) groups is 2. The van der Waals surface area contributed by atoms with Crippen molar-refractivity contribution in [3.05, 3.63) is 65.2 Å². The van der Waals surface area contributed by atoms with E-state index in [1.807, 2.05) is 66.4 Å². The topological polar surface area (TPSA) is 49.4 Å². The molecule has 2 aromatic carbocycles. The van der Waals surface area contributed by atoms with Gasteiger partial charge in [0.05, 0.1) is 5.25 Å². The Morgan fingerprint density at radius 2 is 1.71 bits per heavy atom. The van der Waals surface area contributed by atoms with Gasteiger partial charge in [0, 0.05) is 29.4 Å². The lowest BCUT2D eigenvalue weighted by atomic mass is 10.0. The molecule has 0 spiro atoms. The average molecular weight is 417 g/mol. The molecule has 2 amide bonds. The summed E-state index contributed by atoms with van der Waals surface area (Å²) in [5, 5.41) is 3.35. The van der Waals surface area contributed by atoms with Crippen LogP contribution < -0.4 is 5.32 Å². The molecule has 1 N–H and O–H groups in total. The van der Waals surface area contributed by atoms with Crippen LogP contribution in [0.5, 0.6) is 0 Å². The largest absolute Gasteiger partial charge is 0.343 e. The molecule has 0 radical (unpaired) electrons. The zero-order valence-electron chi connectivity index (χ0n) is 15.9. The van der Waals surface area contributed by atoms with Crippen molar-refractivity contribution in [3.8, 4) is 0 Å². The second kappa shape index (κ2) is 9.99. The van der Waals surface area contributed by atoms with Crippen LogP contribution >= 0.6 is 23.4 Å². The molecule has 28 heavy (non-hydrogen) atoms. The van der Waals surface area contributed by atoms with Crippen molar-refractivity contribution in [3.63, 3.8) is 0 Å². The third-order valence-electron chi connectivity index (χ3n) is 4.81. The fourth-order valence-corrected chi connectivity index (χ4v) is 4.27. The predicted molar refractivity (Wildman–Crippen MR) is 115 cm³/mol. The Kier molecular flexibility index (Phi) is 7.40. The van der Waals surface area contributed by atoms with Gasteiger partial charge in [-0.3, -0.25) is 9.59 Å². The lowest BCUT2D eigenvalue weighted by Crippen LogP contribution is -2.50. The van der Waals surface area contributed by atoms with Gasteiger partial charge in [0.1, 0.15) is 6.04 Å². The van der Waals surface area contributed by atoms with Crippen LogP contribution in [0.15, 0.2) is 59.5 Å². The van der Waals surface area contributed by atoms with E-state index in [0.29, 0.717) is 11.4 Å². The number of benzene rings is 2. The van der Waals surface area contributed by atoms with Crippen LogP contribution in [0.2, 0.25) is 5.02 Å². The minimum Gasteiger partial charge on any atom is -0.343 e. The van der Waals surface area contributed by atoms with E-state index in [1.165, 1.54) is 11.8 Å². The zero-order chi connectivity index (χ0) is 19.9. The first-order valence-electron chi connectivity index (χ1n) is 9.58. The lowest BCUT2D eigenvalue weighted by molar-refractivity contribution is -0.135. The maximum Gasteiger partial charge on any atom is 0.245 e. The first-order valence-corrected chi connectivity index (χ1v) is 10.8. The summed E-state index contributed by atoms with van der Waals surface area (Å²) in [4.78, 5) is 28.6. The summed E-state index contributed by atoms with van der Waals surface area (Å²) in [6.07, 6.45) is 2.56. The Labute approximate surface area is 175 Å². The number of thioether (sulfide) groups is 1. The molecule has 0 aromatic heterocycles. The number of amides is 2. The van der Waals surface area contributed by atoms with Crippen LogP contribution in [0, 0.1) is 0 Å². The van der Waals surface area contributed by atoms with Crippen LogP contribution in [-0.4, -0.2) is 41.1 Å². The first-order chi connectivity index (χ1) is 13.5. The number of rotatable bonds is 7. The highest BCUT2D eigenvalue weighted by Crippen LogP contribution is 2.25. The number of nitrogens with zero attached hydrogens (tertiary/aromatic N) is 1. The van der Waals surface area contributed by atoms with Gasteiger partial charge < -0.3 is 10.2 Å². The Hall–Kier alpha value is -1.98. The van der Waals surface area contributed by atoms with E-state index in [9.17, 15) is 9.59 Å². The average Bonchev–Trinajstić information content (AvgIpc) is 3.24. The van der Waals surface area contributed by atoms with Crippen molar-refractivity contribution in [2.45, 2.75) is 42.4 Å². The Morgan fingerprint density at radius 3 is 2.36 bits per heavy atom. The van der Waals surface area contributed by atoms with E-state index < -0.39 is 6.04 Å². The maximum atomic E-state index is 13.0. The quantitative estimate of drug-likeness (QED) is 0.689. The molecule has 2 atom stereocenters. The fraction of sp³-hybridized carbons (Fsp3) is 0.364. The first kappa shape index (κ1) is 20.7. The Morgan fingerprint density at radius 1 is 1.07 bits per heavy atom. The number of likely N-dealkylation sites (tertiary alicyclic amines) is 1. The van der Waals surface area contributed by atoms with E-state index in [-0.39, 0.29) is 17.1 Å². The van der Waals surface area contributed by atoms with Crippen LogP contribution in [-0.2, 0) is 16.0 Å². The van der Waals surface area contributed by atoms with Gasteiger partial charge in [-0.25, -0.2) is 0 Å². The second-order valence-electron chi connectivity index (χ2n) is 7.00. The van der Waals surface area contributed by atoms with Crippen molar-refractivity contribution in [1.29, 1.82) is 0 Å². The van der Waals surface area contributed by atoms with E-state index in [4.69, 9.17) is 11.6 Å². The highest BCUT2D eigenvalue weighted by molar-refractivity contribution is 8.00. The highest BCUT2D eigenvalue weighted by Gasteiger charge is 2.29. The summed E-state index contributed by atoms with van der Waals surface area (Å²) in [5.41, 5.74) is 1.04. The summed E-state index contributed by atoms with van der Waals surface area (Å²) in [6.45, 7) is 3.40. The number of carbonyl (C=O) groups excluding carboxylic acids is 2. The van der Waals surface area contributed by atoms with Gasteiger partial charge in [-0.15, -0.1) is 11.8 Å². The molecule has 1 saturated heterocycles. The van der Waals surface area contributed by atoms with Crippen molar-refractivity contribution in [2.24, 2.45) is 0 Å². The smallest absolute Gasteiger partial charge is 0.245 e. The van der Waals surface area contributed by atoms with Crippen molar-refractivity contribution >= 4 is 35.2 Å². The Balaban J connectivity index is 1.67. The summed E-state index contributed by atoms with van der Waals surface area (Å²) in [5.74, 6) is -0.119. The minimum absolute atomic E-state index is 0.0124. The van der Waals surface area contributed by atoms with Gasteiger partial charge in [0.15, 0.2) is 0 Å². The third kappa shape index (κ3) is 5.76.